The lowest BCUT2D eigenvalue weighted by molar-refractivity contribution is -0.135. The van der Waals surface area contributed by atoms with Crippen LogP contribution in [0.2, 0.25) is 0 Å². The molecule has 0 unspecified atom stereocenters. The lowest BCUT2D eigenvalue weighted by Gasteiger charge is -2.23. The number of aromatic nitrogens is 1. The number of nitrogens with one attached hydrogen (secondary N) is 1. The van der Waals surface area contributed by atoms with Crippen LogP contribution in [0, 0.1) is 19.8 Å². The molecular formula is C17H30N4O2S. The highest BCUT2D eigenvalue weighted by Gasteiger charge is 2.19. The molecule has 6 nitrogen and oxygen atoms in total. The van der Waals surface area contributed by atoms with Crippen molar-refractivity contribution < 1.29 is 9.59 Å². The Bertz CT molecular complexity index is 535. The molecule has 7 heteroatoms. The van der Waals surface area contributed by atoms with E-state index in [0.29, 0.717) is 18.1 Å². The molecule has 0 aliphatic heterocycles. The van der Waals surface area contributed by atoms with E-state index in [1.807, 2.05) is 41.8 Å². The van der Waals surface area contributed by atoms with Gasteiger partial charge in [-0.3, -0.25) is 9.59 Å². The molecule has 1 aromatic heterocycles. The molecule has 2 amide bonds. The minimum Gasteiger partial charge on any atom is -0.333 e. The molecule has 0 saturated heterocycles. The van der Waals surface area contributed by atoms with Crippen LogP contribution in [-0.2, 0) is 9.59 Å². The van der Waals surface area contributed by atoms with Gasteiger partial charge in [0.05, 0.1) is 12.2 Å². The van der Waals surface area contributed by atoms with Crippen LogP contribution >= 0.6 is 11.3 Å². The van der Waals surface area contributed by atoms with Crippen molar-refractivity contribution in [1.29, 1.82) is 0 Å². The summed E-state index contributed by atoms with van der Waals surface area (Å²) < 4.78 is 0. The maximum absolute atomic E-state index is 12.4. The minimum atomic E-state index is -0.189. The van der Waals surface area contributed by atoms with Gasteiger partial charge in [0.25, 0.3) is 0 Å². The van der Waals surface area contributed by atoms with Crippen molar-refractivity contribution in [3.8, 4) is 0 Å². The van der Waals surface area contributed by atoms with Gasteiger partial charge in [0.1, 0.15) is 0 Å². The fourth-order valence-corrected chi connectivity index (χ4v) is 3.04. The van der Waals surface area contributed by atoms with Crippen LogP contribution in [0.25, 0.3) is 0 Å². The Morgan fingerprint density at radius 3 is 2.38 bits per heavy atom. The third-order valence-electron chi connectivity index (χ3n) is 3.58. The zero-order chi connectivity index (χ0) is 18.3. The second kappa shape index (κ2) is 9.74. The van der Waals surface area contributed by atoms with Gasteiger partial charge in [0.2, 0.25) is 11.8 Å². The summed E-state index contributed by atoms with van der Waals surface area (Å²) in [5.74, 6) is 0.122. The molecule has 0 aromatic carbocycles. The minimum absolute atomic E-state index is 0.0328. The molecule has 0 aliphatic rings. The lowest BCUT2D eigenvalue weighted by atomic mass is 10.1. The zero-order valence-corrected chi connectivity index (χ0v) is 16.5. The van der Waals surface area contributed by atoms with Crippen molar-refractivity contribution in [2.24, 2.45) is 5.92 Å². The van der Waals surface area contributed by atoms with Crippen LogP contribution in [0.1, 0.15) is 37.3 Å². The Kier molecular flexibility index (Phi) is 8.35. The summed E-state index contributed by atoms with van der Waals surface area (Å²) in [5, 5.41) is 3.40. The smallest absolute Gasteiger partial charge is 0.245 e. The van der Waals surface area contributed by atoms with Crippen molar-refractivity contribution in [2.45, 2.75) is 40.5 Å². The molecule has 24 heavy (non-hydrogen) atoms. The van der Waals surface area contributed by atoms with Gasteiger partial charge in [0, 0.05) is 17.8 Å². The second-order valence-corrected chi connectivity index (χ2v) is 7.98. The number of amides is 2. The monoisotopic (exact) mass is 354 g/mol. The van der Waals surface area contributed by atoms with E-state index in [2.05, 4.69) is 15.2 Å². The third-order valence-corrected chi connectivity index (χ3v) is 4.57. The van der Waals surface area contributed by atoms with E-state index in [-0.39, 0.29) is 24.3 Å². The zero-order valence-electron chi connectivity index (χ0n) is 15.7. The Labute approximate surface area is 149 Å². The predicted molar refractivity (Wildman–Crippen MR) is 99.4 cm³/mol. The third kappa shape index (κ3) is 7.40. The average molecular weight is 355 g/mol. The maximum atomic E-state index is 12.4. The normalized spacial score (nSPS) is 11.2. The molecule has 0 bridgehead atoms. The molecule has 0 fully saturated rings. The van der Waals surface area contributed by atoms with E-state index in [0.717, 1.165) is 23.5 Å². The van der Waals surface area contributed by atoms with Gasteiger partial charge in [-0.2, -0.15) is 0 Å². The number of carbonyl (C=O) groups excluding carboxylic acids is 2. The van der Waals surface area contributed by atoms with E-state index in [4.69, 9.17) is 0 Å². The molecule has 1 aromatic rings. The predicted octanol–water partition coefficient (Wildman–Crippen LogP) is 2.52. The first-order valence-electron chi connectivity index (χ1n) is 8.35. The summed E-state index contributed by atoms with van der Waals surface area (Å²) in [7, 11) is 4.00. The fourth-order valence-electron chi connectivity index (χ4n) is 2.21. The van der Waals surface area contributed by atoms with Gasteiger partial charge in [-0.25, -0.2) is 4.98 Å². The Morgan fingerprint density at radius 1 is 1.21 bits per heavy atom. The first-order valence-corrected chi connectivity index (χ1v) is 9.17. The van der Waals surface area contributed by atoms with Gasteiger partial charge in [-0.1, -0.05) is 13.8 Å². The van der Waals surface area contributed by atoms with Gasteiger partial charge in [-0.05, 0) is 46.8 Å². The van der Waals surface area contributed by atoms with Crippen LogP contribution in [0.5, 0.6) is 0 Å². The summed E-state index contributed by atoms with van der Waals surface area (Å²) in [5.41, 5.74) is 0.925. The topological polar surface area (TPSA) is 65.5 Å². The van der Waals surface area contributed by atoms with Crippen LogP contribution in [0.3, 0.4) is 0 Å². The molecule has 0 atom stereocenters. The van der Waals surface area contributed by atoms with E-state index < -0.39 is 0 Å². The molecule has 0 saturated carbocycles. The SMILES string of the molecule is Cc1nc(NC(=O)CN(CCCN(C)C)C(=O)CC(C)C)sc1C. The average Bonchev–Trinajstić information content (AvgIpc) is 2.74. The largest absolute Gasteiger partial charge is 0.333 e. The molecular weight excluding hydrogens is 324 g/mol. The quantitative estimate of drug-likeness (QED) is 0.740. The van der Waals surface area contributed by atoms with Gasteiger partial charge < -0.3 is 15.1 Å². The van der Waals surface area contributed by atoms with Crippen LogP contribution in [0.4, 0.5) is 5.13 Å². The second-order valence-electron chi connectivity index (χ2n) is 6.78. The van der Waals surface area contributed by atoms with Crippen LogP contribution in [-0.4, -0.2) is 60.3 Å². The summed E-state index contributed by atoms with van der Waals surface area (Å²) in [4.78, 5) is 33.8. The van der Waals surface area contributed by atoms with Gasteiger partial charge >= 0.3 is 0 Å². The Morgan fingerprint density at radius 2 is 1.88 bits per heavy atom. The van der Waals surface area contributed by atoms with Crippen molar-refractivity contribution >= 4 is 28.3 Å². The summed E-state index contributed by atoms with van der Waals surface area (Å²) in [6.07, 6.45) is 1.31. The Hall–Kier alpha value is -1.47. The number of thiazole rings is 1. The number of hydrogen-bond acceptors (Lipinski definition) is 5. The number of rotatable bonds is 9. The highest BCUT2D eigenvalue weighted by atomic mass is 32.1. The number of anilines is 1. The maximum Gasteiger partial charge on any atom is 0.245 e. The van der Waals surface area contributed by atoms with E-state index in [1.54, 1.807) is 4.90 Å². The first kappa shape index (κ1) is 20.6. The Balaban J connectivity index is 2.64. The van der Waals surface area contributed by atoms with E-state index in [1.165, 1.54) is 11.3 Å². The summed E-state index contributed by atoms with van der Waals surface area (Å²) in [6, 6.07) is 0. The van der Waals surface area contributed by atoms with Gasteiger partial charge in [0.15, 0.2) is 5.13 Å². The molecule has 0 aliphatic carbocycles. The molecule has 0 spiro atoms. The van der Waals surface area contributed by atoms with Crippen molar-refractivity contribution in [3.63, 3.8) is 0 Å². The molecule has 1 N–H and O–H groups in total. The number of carbonyl (C=O) groups is 2. The van der Waals surface area contributed by atoms with Gasteiger partial charge in [-0.15, -0.1) is 11.3 Å². The van der Waals surface area contributed by atoms with E-state index >= 15 is 0 Å². The highest BCUT2D eigenvalue weighted by Crippen LogP contribution is 2.21. The fraction of sp³-hybridized carbons (Fsp3) is 0.706. The number of nitrogens with zero attached hydrogens (tertiary/aromatic N) is 3. The van der Waals surface area contributed by atoms with E-state index in [9.17, 15) is 9.59 Å². The molecule has 0 radical (unpaired) electrons. The number of aryl methyl sites for hydroxylation is 2. The number of hydrogen-bond donors (Lipinski definition) is 1. The van der Waals surface area contributed by atoms with Crippen LogP contribution < -0.4 is 5.32 Å². The van der Waals surface area contributed by atoms with Crippen molar-refractivity contribution in [1.82, 2.24) is 14.8 Å². The van der Waals surface area contributed by atoms with Crippen molar-refractivity contribution in [3.05, 3.63) is 10.6 Å². The summed E-state index contributed by atoms with van der Waals surface area (Å²) in [6.45, 7) is 9.47. The molecule has 1 heterocycles. The first-order chi connectivity index (χ1) is 11.2. The lowest BCUT2D eigenvalue weighted by Crippen LogP contribution is -2.39. The summed E-state index contributed by atoms with van der Waals surface area (Å²) >= 11 is 1.46. The van der Waals surface area contributed by atoms with Crippen molar-refractivity contribution in [2.75, 3.05) is 39.0 Å². The van der Waals surface area contributed by atoms with Crippen LogP contribution in [0.15, 0.2) is 0 Å². The molecule has 1 rings (SSSR count). The molecule has 136 valence electrons. The standard InChI is InChI=1S/C17H30N4O2S/c1-12(2)10-16(23)21(9-7-8-20(5)6)11-15(22)19-17-18-13(3)14(4)24-17/h12H,7-11H2,1-6H3,(H,18,19,22). The highest BCUT2D eigenvalue weighted by molar-refractivity contribution is 7.15.